The highest BCUT2D eigenvalue weighted by Gasteiger charge is 2.47. The summed E-state index contributed by atoms with van der Waals surface area (Å²) in [6, 6.07) is -1.24. The first-order valence-corrected chi connectivity index (χ1v) is 46.1. The number of carbonyl (C=O) groups excluding carboxylic acids is 16. The number of amides is 16. The van der Waals surface area contributed by atoms with Crippen LogP contribution in [0.1, 0.15) is 152 Å². The van der Waals surface area contributed by atoms with Crippen molar-refractivity contribution >= 4 is 140 Å². The first-order chi connectivity index (χ1) is 63.7. The second-order valence-electron chi connectivity index (χ2n) is 34.0. The summed E-state index contributed by atoms with van der Waals surface area (Å²) in [6.45, 7) is 3.96. The topological polar surface area (TPSA) is 617 Å². The number of aromatic nitrogens is 4. The maximum absolute atomic E-state index is 15.8. The molecule has 10 rings (SSSR count). The van der Waals surface area contributed by atoms with E-state index in [4.69, 9.17) is 11.5 Å². The number of aromatic amines is 3. The highest BCUT2D eigenvalue weighted by molar-refractivity contribution is 8.00. The summed E-state index contributed by atoms with van der Waals surface area (Å²) in [5.41, 5.74) is 14.6. The molecule has 0 radical (unpaired) electrons. The predicted molar refractivity (Wildman–Crippen MR) is 484 cm³/mol. The molecule has 4 saturated heterocycles. The minimum atomic E-state index is -1.89. The number of likely N-dealkylation sites (N-methyl/N-ethyl adjacent to an activating group) is 2. The first kappa shape index (κ1) is 102. The molecular weight excluding hydrogens is 1740 g/mol. The van der Waals surface area contributed by atoms with E-state index in [2.05, 4.69) is 73.1 Å². The molecule has 0 bridgehead atoms. The molecule has 43 heteroatoms. The fraction of sp³-hybridized carbons (Fsp3) is 0.522. The molecule has 4 aliphatic rings. The van der Waals surface area contributed by atoms with Crippen molar-refractivity contribution in [1.82, 2.24) is 97.6 Å². The number of para-hydroxylation sites is 2. The van der Waals surface area contributed by atoms with Crippen LogP contribution in [0.25, 0.3) is 21.8 Å². The third kappa shape index (κ3) is 27.6. The number of nitrogens with zero attached hydrogens (tertiary/aromatic N) is 6. The van der Waals surface area contributed by atoms with Crippen LogP contribution in [-0.2, 0) is 112 Å². The summed E-state index contributed by atoms with van der Waals surface area (Å²) in [4.78, 5) is 281. The van der Waals surface area contributed by atoms with Gasteiger partial charge in [0.15, 0.2) is 0 Å². The number of carboxylic acids is 2. The summed E-state index contributed by atoms with van der Waals surface area (Å²) in [6.07, 6.45) is 4.88. The highest BCUT2D eigenvalue weighted by Crippen LogP contribution is 2.29. The number of nitrogens with two attached hydrogens (primary N) is 2. The second kappa shape index (κ2) is 48.6. The van der Waals surface area contributed by atoms with Gasteiger partial charge < -0.3 is 119 Å². The fourth-order valence-corrected chi connectivity index (χ4v) is 18.0. The van der Waals surface area contributed by atoms with Crippen molar-refractivity contribution in [1.29, 1.82) is 0 Å². The minimum Gasteiger partial charge on any atom is -0.508 e. The summed E-state index contributed by atoms with van der Waals surface area (Å²) >= 11 is 0.789. The van der Waals surface area contributed by atoms with Crippen molar-refractivity contribution < 1.29 is 102 Å². The number of unbranched alkanes of at least 4 members (excludes halogenated alkanes) is 2. The van der Waals surface area contributed by atoms with Gasteiger partial charge in [-0.1, -0.05) is 88.1 Å². The zero-order chi connectivity index (χ0) is 96.3. The largest absolute Gasteiger partial charge is 0.508 e. The van der Waals surface area contributed by atoms with Crippen molar-refractivity contribution in [3.8, 4) is 5.75 Å². The summed E-state index contributed by atoms with van der Waals surface area (Å²) in [5.74, 6) is -18.4. The Balaban J connectivity index is 1.01. The Kier molecular flexibility index (Phi) is 37.1. The lowest BCUT2D eigenvalue weighted by atomic mass is 9.99. The average Bonchev–Trinajstić information content (AvgIpc) is 1.79. The van der Waals surface area contributed by atoms with Crippen molar-refractivity contribution in [2.45, 2.75) is 240 Å². The number of primary amides is 1. The number of nitrogens with one attached hydrogen (secondary N) is 13. The lowest BCUT2D eigenvalue weighted by Crippen LogP contribution is -2.61. The van der Waals surface area contributed by atoms with Crippen LogP contribution in [0.3, 0.4) is 0 Å². The molecule has 14 atom stereocenters. The van der Waals surface area contributed by atoms with Crippen LogP contribution in [0.2, 0.25) is 0 Å². The Morgan fingerprint density at radius 2 is 0.985 bits per heavy atom. The predicted octanol–water partition coefficient (Wildman–Crippen LogP) is -0.834. The molecule has 718 valence electrons. The number of hydrogen-bond donors (Lipinski definition) is 18. The molecule has 3 aromatic heterocycles. The van der Waals surface area contributed by atoms with Gasteiger partial charge in [-0.15, -0.1) is 11.8 Å². The standard InChI is InChI=1S/C90H121N21O21S/c1-6-8-23-68-82(124)98-50(3)77(119)106-67(78(120)96-46-73(92)113)47-133-48-74(114)99-64(38-51-28-30-55(112)31-29-51)88(130)110-36-17-27-71(110)85(127)105-66(42-76(117)118)89(131)111-37-16-26-70(111)84(126)103-63(41-54-45-93-49-97-54)81(123)101-61(32-33-75(115)116)87(129)109-35-15-25-69(109)83(125)102-62(39-52-43-94-58-20-12-10-18-56(52)58)80(122)100-60(22-14-34-91)79(121)104-65(40-53-44-95-59-21-13-11-19-57(53)59)86(128)108(5)72(24-9-7-2)90(132)107(68)4/h10-13,18-21,28-31,43-45,49-50,60-72,94-95,112H,6-9,14-17,22-27,32-42,46-48,91H2,1-5H3,(H2,92,113)(H,93,97)(H,96,120)(H,98,124)(H,99,114)(H,100,122)(H,101,123)(H,102,125)(H,103,126)(H,104,121)(H,105,127)(H,106,119)(H,115,116)(H,117,118)/t50-,60-,61-,62+,63+,64-,65-,66+,67+,68+,69?,70-,71?,72+/m0/s1. The molecular formula is C90H121N21O21S. The van der Waals surface area contributed by atoms with Gasteiger partial charge in [-0.25, -0.2) is 4.98 Å². The Hall–Kier alpha value is -13.5. The molecule has 0 aliphatic carbocycles. The van der Waals surface area contributed by atoms with Crippen LogP contribution < -0.4 is 64.6 Å². The van der Waals surface area contributed by atoms with Crippen LogP contribution in [0.15, 0.2) is 97.7 Å². The Morgan fingerprint density at radius 1 is 0.496 bits per heavy atom. The van der Waals surface area contributed by atoms with Crippen LogP contribution in [0.5, 0.6) is 5.75 Å². The number of imidazole rings is 1. The van der Waals surface area contributed by atoms with E-state index in [1.54, 1.807) is 48.8 Å². The number of aliphatic carboxylic acids is 2. The van der Waals surface area contributed by atoms with Crippen molar-refractivity contribution in [2.75, 3.05) is 58.3 Å². The van der Waals surface area contributed by atoms with Gasteiger partial charge in [0.2, 0.25) is 94.5 Å². The molecule has 0 saturated carbocycles. The van der Waals surface area contributed by atoms with Crippen LogP contribution in [0.4, 0.5) is 0 Å². The van der Waals surface area contributed by atoms with E-state index < -0.39 is 228 Å². The molecule has 0 spiro atoms. The Bertz CT molecular complexity index is 5180. The zero-order valence-corrected chi connectivity index (χ0v) is 75.9. The Labute approximate surface area is 771 Å². The number of hydrogen-bond acceptors (Lipinski definition) is 22. The van der Waals surface area contributed by atoms with Crippen molar-refractivity contribution in [3.05, 3.63) is 120 Å². The number of aromatic hydroxyl groups is 1. The molecule has 4 aliphatic heterocycles. The number of thioether (sulfide) groups is 1. The van der Waals surface area contributed by atoms with Gasteiger partial charge in [-0.2, -0.15) is 0 Å². The molecule has 133 heavy (non-hydrogen) atoms. The lowest BCUT2D eigenvalue weighted by molar-refractivity contribution is -0.149. The number of H-pyrrole nitrogens is 3. The molecule has 42 nitrogen and oxygen atoms in total. The fourth-order valence-electron chi connectivity index (χ4n) is 17.2. The maximum atomic E-state index is 15.8. The average molecular weight is 1870 g/mol. The number of carboxylic acid groups (broad SMARTS) is 2. The SMILES string of the molecule is CCCC[C@@H]1C(=O)N(C)[C@H](CCCC)C(=O)N[C@@H](C)C(=O)N[C@@H](C(=O)NCC(N)=O)CSCC(=O)N[C@@H](Cc2ccc(O)cc2)C(=O)N2CCCC2C(=O)N[C@H](CC(=O)O)C(=O)N2CCC[C@H]2C(=O)N[C@H](Cc2c[nH]cn2)C(=O)N[C@@H](CCC(=O)O)C(=O)N2CCCC2C(=O)N[C@H](Cc2c[nH]c3ccccc23)C(=O)N[C@@H](CCCN)C(=O)N[C@@H](Cc2c[nH]c3ccccc23)C(=O)N1C. The van der Waals surface area contributed by atoms with Crippen LogP contribution in [-0.4, -0.2) is 309 Å². The minimum absolute atomic E-state index is 0.00748. The molecule has 4 fully saturated rings. The molecule has 6 aromatic rings. The number of phenols is 1. The third-order valence-corrected chi connectivity index (χ3v) is 25.4. The quantitative estimate of drug-likeness (QED) is 0.0332. The van der Waals surface area contributed by atoms with E-state index >= 15 is 38.4 Å². The van der Waals surface area contributed by atoms with E-state index in [1.807, 2.05) is 26.0 Å². The van der Waals surface area contributed by atoms with E-state index in [0.29, 0.717) is 64.2 Å². The number of carbonyl (C=O) groups is 18. The van der Waals surface area contributed by atoms with Gasteiger partial charge in [-0.05, 0) is 125 Å². The molecule has 3 aromatic carbocycles. The van der Waals surface area contributed by atoms with Gasteiger partial charge in [0, 0.05) is 112 Å². The third-order valence-electron chi connectivity index (χ3n) is 24.4. The van der Waals surface area contributed by atoms with E-state index in [0.717, 1.165) is 26.5 Å². The van der Waals surface area contributed by atoms with Crippen LogP contribution >= 0.6 is 11.8 Å². The normalized spacial score (nSPS) is 24.8. The molecule has 2 unspecified atom stereocenters. The van der Waals surface area contributed by atoms with E-state index in [9.17, 15) is 63.3 Å². The maximum Gasteiger partial charge on any atom is 0.305 e. The van der Waals surface area contributed by atoms with Crippen LogP contribution in [0, 0.1) is 0 Å². The first-order valence-electron chi connectivity index (χ1n) is 45.0. The van der Waals surface area contributed by atoms with Gasteiger partial charge in [0.25, 0.3) is 0 Å². The van der Waals surface area contributed by atoms with Gasteiger partial charge in [0.05, 0.1) is 30.7 Å². The molecule has 16 amide bonds. The zero-order valence-electron chi connectivity index (χ0n) is 75.1. The molecule has 7 heterocycles. The van der Waals surface area contributed by atoms with E-state index in [1.165, 1.54) is 67.6 Å². The van der Waals surface area contributed by atoms with Gasteiger partial charge in [0.1, 0.15) is 90.3 Å². The number of phenolic OH excluding ortho intramolecular Hbond substituents is 1. The summed E-state index contributed by atoms with van der Waals surface area (Å²) in [7, 11) is 2.76. The lowest BCUT2D eigenvalue weighted by Gasteiger charge is -2.36. The summed E-state index contributed by atoms with van der Waals surface area (Å²) in [5, 5.41) is 58.6. The number of rotatable bonds is 25. The second-order valence-corrected chi connectivity index (χ2v) is 35.0. The summed E-state index contributed by atoms with van der Waals surface area (Å²) < 4.78 is 0. The van der Waals surface area contributed by atoms with Gasteiger partial charge in [-0.3, -0.25) is 86.3 Å². The molecule has 20 N–H and O–H groups in total. The van der Waals surface area contributed by atoms with Gasteiger partial charge >= 0.3 is 11.9 Å². The highest BCUT2D eigenvalue weighted by atomic mass is 32.2. The Morgan fingerprint density at radius 3 is 1.52 bits per heavy atom. The van der Waals surface area contributed by atoms with Crippen molar-refractivity contribution in [3.63, 3.8) is 0 Å². The van der Waals surface area contributed by atoms with Crippen molar-refractivity contribution in [2.24, 2.45) is 11.5 Å². The number of benzene rings is 3. The smallest absolute Gasteiger partial charge is 0.305 e. The van der Waals surface area contributed by atoms with E-state index in [-0.39, 0.29) is 128 Å². The monoisotopic (exact) mass is 1860 g/mol. The number of fused-ring (bicyclic) bond motifs is 5.